The Morgan fingerprint density at radius 1 is 1.39 bits per heavy atom. The van der Waals surface area contributed by atoms with Gasteiger partial charge >= 0.3 is 0 Å². The quantitative estimate of drug-likeness (QED) is 0.633. The molecule has 0 saturated carbocycles. The summed E-state index contributed by atoms with van der Waals surface area (Å²) in [5.41, 5.74) is 7.02. The smallest absolute Gasteiger partial charge is 0.0509 e. The second-order valence-corrected chi connectivity index (χ2v) is 5.37. The average Bonchev–Trinajstić information content (AvgIpc) is 2.41. The molecular weight excluding hydrogens is 224 g/mol. The number of rotatable bonds is 4. The zero-order valence-corrected chi connectivity index (χ0v) is 11.4. The highest BCUT2D eigenvalue weighted by Gasteiger charge is 2.23. The molecule has 18 heavy (non-hydrogen) atoms. The van der Waals surface area contributed by atoms with E-state index in [4.69, 9.17) is 10.6 Å². The summed E-state index contributed by atoms with van der Waals surface area (Å²) in [5.74, 6) is 6.25. The first kappa shape index (κ1) is 13.5. The molecule has 3 N–H and O–H groups in total. The number of ether oxygens (including phenoxy) is 1. The van der Waals surface area contributed by atoms with Crippen LogP contribution in [0.2, 0.25) is 0 Å². The summed E-state index contributed by atoms with van der Waals surface area (Å²) in [6.45, 7) is 6.04. The summed E-state index contributed by atoms with van der Waals surface area (Å²) in [6, 6.07) is 6.97. The van der Waals surface area contributed by atoms with Crippen LogP contribution in [0.5, 0.6) is 0 Å². The molecule has 1 aromatic rings. The van der Waals surface area contributed by atoms with Crippen LogP contribution in [0.25, 0.3) is 0 Å². The van der Waals surface area contributed by atoms with Crippen molar-refractivity contribution in [1.82, 2.24) is 5.43 Å². The van der Waals surface area contributed by atoms with E-state index in [0.717, 1.165) is 26.1 Å². The molecule has 3 nitrogen and oxygen atoms in total. The molecule has 0 spiro atoms. The van der Waals surface area contributed by atoms with Gasteiger partial charge in [0.2, 0.25) is 0 Å². The Hall–Kier alpha value is -0.900. The molecule has 0 bridgehead atoms. The normalized spacial score (nSPS) is 21.8. The molecule has 1 aliphatic heterocycles. The Labute approximate surface area is 110 Å². The fraction of sp³-hybridized carbons (Fsp3) is 0.600. The van der Waals surface area contributed by atoms with E-state index in [9.17, 15) is 0 Å². The van der Waals surface area contributed by atoms with Crippen molar-refractivity contribution >= 4 is 0 Å². The van der Waals surface area contributed by atoms with Crippen LogP contribution in [0, 0.1) is 19.8 Å². The SMILES string of the molecule is Cc1ccc(CC(NN)C2CCCOC2)cc1C. The van der Waals surface area contributed by atoms with Crippen molar-refractivity contribution in [3.63, 3.8) is 0 Å². The van der Waals surface area contributed by atoms with Gasteiger partial charge in [0.05, 0.1) is 6.61 Å². The second kappa shape index (κ2) is 6.32. The lowest BCUT2D eigenvalue weighted by molar-refractivity contribution is 0.0393. The minimum absolute atomic E-state index is 0.312. The van der Waals surface area contributed by atoms with Crippen molar-refractivity contribution < 1.29 is 4.74 Å². The molecule has 0 radical (unpaired) electrons. The number of aryl methyl sites for hydroxylation is 2. The molecule has 2 atom stereocenters. The molecule has 100 valence electrons. The third-order valence-corrected chi connectivity index (χ3v) is 4.01. The highest BCUT2D eigenvalue weighted by molar-refractivity contribution is 5.30. The van der Waals surface area contributed by atoms with Crippen LogP contribution in [0.1, 0.15) is 29.5 Å². The zero-order chi connectivity index (χ0) is 13.0. The average molecular weight is 248 g/mol. The minimum Gasteiger partial charge on any atom is -0.381 e. The van der Waals surface area contributed by atoms with Crippen LogP contribution in [0.3, 0.4) is 0 Å². The highest BCUT2D eigenvalue weighted by Crippen LogP contribution is 2.21. The topological polar surface area (TPSA) is 47.3 Å². The molecule has 1 aliphatic rings. The summed E-state index contributed by atoms with van der Waals surface area (Å²) in [6.07, 6.45) is 3.33. The molecule has 2 unspecified atom stereocenters. The van der Waals surface area contributed by atoms with Crippen molar-refractivity contribution in [3.8, 4) is 0 Å². The van der Waals surface area contributed by atoms with Gasteiger partial charge in [0.25, 0.3) is 0 Å². The Bertz CT molecular complexity index is 386. The summed E-state index contributed by atoms with van der Waals surface area (Å²) < 4.78 is 5.55. The molecule has 1 saturated heterocycles. The third kappa shape index (κ3) is 3.31. The first-order valence-corrected chi connectivity index (χ1v) is 6.80. The van der Waals surface area contributed by atoms with Gasteiger partial charge in [-0.25, -0.2) is 0 Å². The molecule has 1 aromatic carbocycles. The van der Waals surface area contributed by atoms with Gasteiger partial charge in [0.1, 0.15) is 0 Å². The van der Waals surface area contributed by atoms with E-state index in [1.165, 1.54) is 23.1 Å². The van der Waals surface area contributed by atoms with Gasteiger partial charge < -0.3 is 4.74 Å². The standard InChI is InChI=1S/C15H24N2O/c1-11-5-6-13(8-12(11)2)9-15(17-16)14-4-3-7-18-10-14/h5-6,8,14-15,17H,3-4,7,9-10,16H2,1-2H3. The minimum atomic E-state index is 0.312. The van der Waals surface area contributed by atoms with E-state index < -0.39 is 0 Å². The molecular formula is C15H24N2O. The van der Waals surface area contributed by atoms with E-state index in [-0.39, 0.29) is 0 Å². The van der Waals surface area contributed by atoms with Gasteiger partial charge in [-0.3, -0.25) is 11.3 Å². The number of hydrogen-bond donors (Lipinski definition) is 2. The van der Waals surface area contributed by atoms with Crippen LogP contribution in [-0.2, 0) is 11.2 Å². The van der Waals surface area contributed by atoms with E-state index in [1.54, 1.807) is 0 Å². The van der Waals surface area contributed by atoms with Gasteiger partial charge in [0, 0.05) is 12.6 Å². The molecule has 1 heterocycles. The molecule has 0 amide bonds. The van der Waals surface area contributed by atoms with Crippen molar-refractivity contribution in [2.24, 2.45) is 11.8 Å². The number of hydrazine groups is 1. The second-order valence-electron chi connectivity index (χ2n) is 5.37. The molecule has 0 aromatic heterocycles. The maximum Gasteiger partial charge on any atom is 0.0509 e. The first-order valence-electron chi connectivity index (χ1n) is 6.80. The Morgan fingerprint density at radius 2 is 2.22 bits per heavy atom. The monoisotopic (exact) mass is 248 g/mol. The Balaban J connectivity index is 2.02. The lowest BCUT2D eigenvalue weighted by Crippen LogP contribution is -2.45. The highest BCUT2D eigenvalue weighted by atomic mass is 16.5. The van der Waals surface area contributed by atoms with E-state index in [1.807, 2.05) is 0 Å². The van der Waals surface area contributed by atoms with Gasteiger partial charge in [0.15, 0.2) is 0 Å². The number of nitrogens with two attached hydrogens (primary N) is 1. The zero-order valence-electron chi connectivity index (χ0n) is 11.4. The summed E-state index contributed by atoms with van der Waals surface area (Å²) in [4.78, 5) is 0. The van der Waals surface area contributed by atoms with Crippen molar-refractivity contribution in [1.29, 1.82) is 0 Å². The van der Waals surface area contributed by atoms with Gasteiger partial charge in [-0.15, -0.1) is 0 Å². The summed E-state index contributed by atoms with van der Waals surface area (Å²) in [7, 11) is 0. The van der Waals surface area contributed by atoms with Gasteiger partial charge in [-0.1, -0.05) is 18.2 Å². The molecule has 2 rings (SSSR count). The predicted molar refractivity (Wildman–Crippen MR) is 74.3 cm³/mol. The Morgan fingerprint density at radius 3 is 2.83 bits per heavy atom. The van der Waals surface area contributed by atoms with E-state index >= 15 is 0 Å². The van der Waals surface area contributed by atoms with E-state index in [0.29, 0.717) is 12.0 Å². The lowest BCUT2D eigenvalue weighted by atomic mass is 9.89. The van der Waals surface area contributed by atoms with Crippen molar-refractivity contribution in [3.05, 3.63) is 34.9 Å². The fourth-order valence-corrected chi connectivity index (χ4v) is 2.63. The lowest BCUT2D eigenvalue weighted by Gasteiger charge is -2.30. The van der Waals surface area contributed by atoms with Crippen LogP contribution < -0.4 is 11.3 Å². The van der Waals surface area contributed by atoms with Crippen LogP contribution in [-0.4, -0.2) is 19.3 Å². The van der Waals surface area contributed by atoms with Crippen LogP contribution >= 0.6 is 0 Å². The van der Waals surface area contributed by atoms with E-state index in [2.05, 4.69) is 37.5 Å². The number of benzene rings is 1. The summed E-state index contributed by atoms with van der Waals surface area (Å²) >= 11 is 0. The maximum absolute atomic E-state index is 5.71. The number of hydrogen-bond acceptors (Lipinski definition) is 3. The van der Waals surface area contributed by atoms with Gasteiger partial charge in [-0.2, -0.15) is 0 Å². The van der Waals surface area contributed by atoms with Gasteiger partial charge in [-0.05, 0) is 55.7 Å². The fourth-order valence-electron chi connectivity index (χ4n) is 2.63. The molecule has 3 heteroatoms. The predicted octanol–water partition coefficient (Wildman–Crippen LogP) is 2.10. The summed E-state index contributed by atoms with van der Waals surface area (Å²) in [5, 5.41) is 0. The largest absolute Gasteiger partial charge is 0.381 e. The third-order valence-electron chi connectivity index (χ3n) is 4.01. The number of nitrogens with one attached hydrogen (secondary N) is 1. The first-order chi connectivity index (χ1) is 8.70. The van der Waals surface area contributed by atoms with Crippen molar-refractivity contribution in [2.45, 2.75) is 39.2 Å². The van der Waals surface area contributed by atoms with Crippen LogP contribution in [0.15, 0.2) is 18.2 Å². The van der Waals surface area contributed by atoms with Crippen LogP contribution in [0.4, 0.5) is 0 Å². The van der Waals surface area contributed by atoms with Crippen molar-refractivity contribution in [2.75, 3.05) is 13.2 Å². The maximum atomic E-state index is 5.71. The molecule has 0 aliphatic carbocycles. The Kier molecular flexibility index (Phi) is 4.75. The molecule has 1 fully saturated rings.